The fourth-order valence-electron chi connectivity index (χ4n) is 0.700. The smallest absolute Gasteiger partial charge is 0.312 e. The Labute approximate surface area is 79.4 Å². The zero-order valence-corrected chi connectivity index (χ0v) is 9.02. The van der Waals surface area contributed by atoms with E-state index >= 15 is 0 Å². The number of rotatable bonds is 5. The van der Waals surface area contributed by atoms with Crippen LogP contribution in [0.1, 0.15) is 27.2 Å². The molecule has 0 spiro atoms. The molecular weight excluding hydrogens is 194 g/mol. The molecule has 6 heteroatoms. The van der Waals surface area contributed by atoms with Crippen LogP contribution in [0.25, 0.3) is 0 Å². The third-order valence-corrected chi connectivity index (χ3v) is 1.67. The molecule has 0 bridgehead atoms. The summed E-state index contributed by atoms with van der Waals surface area (Å²) in [5.74, 6) is 0. The molecule has 0 atom stereocenters. The number of nitrogens with one attached hydrogen (secondary N) is 1. The van der Waals surface area contributed by atoms with E-state index in [0.29, 0.717) is 13.0 Å². The molecule has 0 saturated heterocycles. The van der Waals surface area contributed by atoms with E-state index in [0.717, 1.165) is 0 Å². The molecule has 13 heavy (non-hydrogen) atoms. The summed E-state index contributed by atoms with van der Waals surface area (Å²) in [4.78, 5) is 0. The molecule has 0 aromatic heterocycles. The monoisotopic (exact) mass is 211 g/mol. The molecule has 0 aromatic carbocycles. The quantitative estimate of drug-likeness (QED) is 0.514. The molecule has 0 radical (unpaired) electrons. The van der Waals surface area contributed by atoms with Gasteiger partial charge in [-0.3, -0.25) is 4.55 Å². The first-order valence-corrected chi connectivity index (χ1v) is 5.44. The van der Waals surface area contributed by atoms with Crippen LogP contribution >= 0.6 is 0 Å². The minimum absolute atomic E-state index is 0.00190. The molecule has 0 heterocycles. The largest absolute Gasteiger partial charge is 0.397 e. The van der Waals surface area contributed by atoms with E-state index in [2.05, 4.69) is 9.50 Å². The van der Waals surface area contributed by atoms with Crippen LogP contribution in [0.5, 0.6) is 0 Å². The Morgan fingerprint density at radius 2 is 1.92 bits per heavy atom. The molecule has 0 saturated carbocycles. The Morgan fingerprint density at radius 3 is 2.31 bits per heavy atom. The number of hydrogen-bond acceptors (Lipinski definition) is 4. The van der Waals surface area contributed by atoms with E-state index in [1.807, 2.05) is 20.8 Å². The van der Waals surface area contributed by atoms with Gasteiger partial charge in [0.2, 0.25) is 0 Å². The van der Waals surface area contributed by atoms with Crippen LogP contribution in [0.4, 0.5) is 0 Å². The highest BCUT2D eigenvalue weighted by Gasteiger charge is 2.08. The van der Waals surface area contributed by atoms with Gasteiger partial charge in [0.25, 0.3) is 0 Å². The standard InChI is InChI=1S/C7H17NO4S/c1-7(2,3)8-5-4-6-12-13(9,10)11/h8H,4-6H2,1-3H3,(H,9,10,11). The van der Waals surface area contributed by atoms with E-state index in [4.69, 9.17) is 4.55 Å². The average molecular weight is 211 g/mol. The zero-order valence-electron chi connectivity index (χ0n) is 8.20. The second-order valence-electron chi connectivity index (χ2n) is 3.78. The predicted octanol–water partition coefficient (Wildman–Crippen LogP) is 0.584. The van der Waals surface area contributed by atoms with E-state index in [-0.39, 0.29) is 12.1 Å². The van der Waals surface area contributed by atoms with Crippen LogP contribution in [0, 0.1) is 0 Å². The molecule has 0 rings (SSSR count). The average Bonchev–Trinajstić information content (AvgIpc) is 1.81. The van der Waals surface area contributed by atoms with Crippen LogP contribution in [-0.4, -0.2) is 31.7 Å². The Morgan fingerprint density at radius 1 is 1.38 bits per heavy atom. The molecule has 0 amide bonds. The molecule has 5 nitrogen and oxygen atoms in total. The first-order chi connectivity index (χ1) is 5.71. The lowest BCUT2D eigenvalue weighted by atomic mass is 10.1. The summed E-state index contributed by atoms with van der Waals surface area (Å²) in [5.41, 5.74) is 0.0120. The summed E-state index contributed by atoms with van der Waals surface area (Å²) in [6, 6.07) is 0. The van der Waals surface area contributed by atoms with Crippen LogP contribution in [-0.2, 0) is 14.6 Å². The summed E-state index contributed by atoms with van der Waals surface area (Å²) in [6.07, 6.45) is 0.539. The van der Waals surface area contributed by atoms with E-state index in [1.54, 1.807) is 0 Å². The van der Waals surface area contributed by atoms with Crippen molar-refractivity contribution in [3.05, 3.63) is 0 Å². The Bertz CT molecular complexity index is 229. The molecule has 0 aliphatic carbocycles. The van der Waals surface area contributed by atoms with Crippen LogP contribution in [0.3, 0.4) is 0 Å². The summed E-state index contributed by atoms with van der Waals surface area (Å²) >= 11 is 0. The molecule has 0 aliphatic rings. The summed E-state index contributed by atoms with van der Waals surface area (Å²) < 4.78 is 32.5. The third-order valence-electron chi connectivity index (χ3n) is 1.21. The van der Waals surface area contributed by atoms with Crippen molar-refractivity contribution in [1.82, 2.24) is 5.32 Å². The predicted molar refractivity (Wildman–Crippen MR) is 49.9 cm³/mol. The van der Waals surface area contributed by atoms with Gasteiger partial charge in [0.05, 0.1) is 6.61 Å². The van der Waals surface area contributed by atoms with Crippen LogP contribution < -0.4 is 5.32 Å². The molecule has 0 aromatic rings. The van der Waals surface area contributed by atoms with Gasteiger partial charge in [-0.25, -0.2) is 4.18 Å². The summed E-state index contributed by atoms with van der Waals surface area (Å²) in [5, 5.41) is 3.15. The maximum Gasteiger partial charge on any atom is 0.397 e. The van der Waals surface area contributed by atoms with Crippen molar-refractivity contribution in [1.29, 1.82) is 0 Å². The van der Waals surface area contributed by atoms with Crippen molar-refractivity contribution in [2.24, 2.45) is 0 Å². The van der Waals surface area contributed by atoms with Crippen molar-refractivity contribution < 1.29 is 17.2 Å². The van der Waals surface area contributed by atoms with Crippen molar-refractivity contribution in [3.8, 4) is 0 Å². The number of hydrogen-bond donors (Lipinski definition) is 2. The van der Waals surface area contributed by atoms with E-state index in [9.17, 15) is 8.42 Å². The zero-order chi connectivity index (χ0) is 10.5. The lowest BCUT2D eigenvalue weighted by Crippen LogP contribution is -2.36. The SMILES string of the molecule is CC(C)(C)NCCCOS(=O)(=O)O. The van der Waals surface area contributed by atoms with Gasteiger partial charge in [0.15, 0.2) is 0 Å². The van der Waals surface area contributed by atoms with Gasteiger partial charge < -0.3 is 5.32 Å². The summed E-state index contributed by atoms with van der Waals surface area (Å²) in [6.45, 7) is 6.69. The highest BCUT2D eigenvalue weighted by molar-refractivity contribution is 7.80. The minimum atomic E-state index is -4.27. The van der Waals surface area contributed by atoms with Crippen molar-refractivity contribution in [2.45, 2.75) is 32.7 Å². The van der Waals surface area contributed by atoms with Crippen LogP contribution in [0.15, 0.2) is 0 Å². The Hall–Kier alpha value is -0.170. The first kappa shape index (κ1) is 12.8. The first-order valence-electron chi connectivity index (χ1n) is 4.07. The Kier molecular flexibility index (Phi) is 4.83. The van der Waals surface area contributed by atoms with Gasteiger partial charge in [0, 0.05) is 5.54 Å². The van der Waals surface area contributed by atoms with Gasteiger partial charge in [-0.05, 0) is 33.7 Å². The molecular formula is C7H17NO4S. The van der Waals surface area contributed by atoms with Gasteiger partial charge in [0.1, 0.15) is 0 Å². The second kappa shape index (κ2) is 4.90. The Balaban J connectivity index is 3.39. The van der Waals surface area contributed by atoms with E-state index in [1.165, 1.54) is 0 Å². The molecule has 0 unspecified atom stereocenters. The normalized spacial score (nSPS) is 13.2. The van der Waals surface area contributed by atoms with Gasteiger partial charge >= 0.3 is 10.4 Å². The lowest BCUT2D eigenvalue weighted by molar-refractivity contribution is 0.259. The van der Waals surface area contributed by atoms with Crippen LogP contribution in [0.2, 0.25) is 0 Å². The minimum Gasteiger partial charge on any atom is -0.312 e. The molecule has 80 valence electrons. The fraction of sp³-hybridized carbons (Fsp3) is 1.00. The molecule has 0 fully saturated rings. The van der Waals surface area contributed by atoms with Gasteiger partial charge in [-0.15, -0.1) is 0 Å². The maximum atomic E-state index is 10.1. The van der Waals surface area contributed by atoms with Gasteiger partial charge in [-0.2, -0.15) is 8.42 Å². The van der Waals surface area contributed by atoms with Crippen molar-refractivity contribution in [3.63, 3.8) is 0 Å². The third kappa shape index (κ3) is 11.8. The van der Waals surface area contributed by atoms with Crippen molar-refractivity contribution >= 4 is 10.4 Å². The molecule has 0 aliphatic heterocycles. The fourth-order valence-corrected chi connectivity index (χ4v) is 1.03. The topological polar surface area (TPSA) is 75.6 Å². The summed E-state index contributed by atoms with van der Waals surface area (Å²) in [7, 11) is -4.27. The second-order valence-corrected chi connectivity index (χ2v) is 4.87. The maximum absolute atomic E-state index is 10.1. The lowest BCUT2D eigenvalue weighted by Gasteiger charge is -2.20. The molecule has 2 N–H and O–H groups in total. The van der Waals surface area contributed by atoms with Crippen molar-refractivity contribution in [2.75, 3.05) is 13.2 Å². The highest BCUT2D eigenvalue weighted by Crippen LogP contribution is 1.98. The van der Waals surface area contributed by atoms with Gasteiger partial charge in [-0.1, -0.05) is 0 Å². The van der Waals surface area contributed by atoms with E-state index < -0.39 is 10.4 Å². The highest BCUT2D eigenvalue weighted by atomic mass is 32.3.